The van der Waals surface area contributed by atoms with Crippen LogP contribution in [-0.4, -0.2) is 50.2 Å². The number of quaternary nitrogens is 1. The number of rotatable bonds is 10. The Kier molecular flexibility index (Phi) is 8.36. The molecular weight excluding hydrogens is 196 g/mol. The Morgan fingerprint density at radius 2 is 1.69 bits per heavy atom. The molecule has 0 unspecified atom stereocenters. The van der Waals surface area contributed by atoms with Crippen molar-refractivity contribution in [1.82, 2.24) is 4.90 Å². The molecule has 0 saturated carbocycles. The molecule has 0 aromatic heterocycles. The van der Waals surface area contributed by atoms with E-state index < -0.39 is 0 Å². The van der Waals surface area contributed by atoms with Crippen LogP contribution < -0.4 is 0 Å². The van der Waals surface area contributed by atoms with E-state index in [1.807, 2.05) is 6.20 Å². The molecule has 0 fully saturated rings. The van der Waals surface area contributed by atoms with E-state index in [4.69, 9.17) is 0 Å². The smallest absolute Gasteiger partial charge is 0.0782 e. The molecular formula is C14H31N2+. The van der Waals surface area contributed by atoms with Crippen molar-refractivity contribution in [2.45, 2.75) is 39.0 Å². The van der Waals surface area contributed by atoms with E-state index >= 15 is 0 Å². The molecule has 0 aromatic carbocycles. The zero-order valence-electron chi connectivity index (χ0n) is 11.8. The molecule has 2 heteroatoms. The second kappa shape index (κ2) is 8.63. The first-order chi connectivity index (χ1) is 7.52. The topological polar surface area (TPSA) is 3.24 Å². The number of hydrogen-bond donors (Lipinski definition) is 0. The monoisotopic (exact) mass is 227 g/mol. The summed E-state index contributed by atoms with van der Waals surface area (Å²) >= 11 is 0. The second-order valence-corrected chi connectivity index (χ2v) is 5.46. The Morgan fingerprint density at radius 1 is 1.06 bits per heavy atom. The van der Waals surface area contributed by atoms with Gasteiger partial charge in [-0.2, -0.15) is 0 Å². The van der Waals surface area contributed by atoms with Crippen molar-refractivity contribution in [3.05, 3.63) is 12.8 Å². The standard InChI is InChI=1S/C14H31N2/c1-6-8-13-16(4,5)14-11-9-10-12-15(3)7-2/h7H,2,6,8-14H2,1,3-5H3/q+1. The summed E-state index contributed by atoms with van der Waals surface area (Å²) in [6.07, 6.45) is 8.54. The first-order valence-corrected chi connectivity index (χ1v) is 6.66. The Balaban J connectivity index is 3.45. The summed E-state index contributed by atoms with van der Waals surface area (Å²) in [7, 11) is 6.80. The normalized spacial score (nSPS) is 11.5. The predicted molar refractivity (Wildman–Crippen MR) is 73.4 cm³/mol. The van der Waals surface area contributed by atoms with Crippen LogP contribution >= 0.6 is 0 Å². The molecule has 0 spiro atoms. The second-order valence-electron chi connectivity index (χ2n) is 5.46. The quantitative estimate of drug-likeness (QED) is 0.409. The van der Waals surface area contributed by atoms with Crippen LogP contribution in [-0.2, 0) is 0 Å². The molecule has 0 aliphatic rings. The fourth-order valence-electron chi connectivity index (χ4n) is 1.87. The van der Waals surface area contributed by atoms with Crippen LogP contribution in [0.5, 0.6) is 0 Å². The van der Waals surface area contributed by atoms with Gasteiger partial charge in [0.1, 0.15) is 0 Å². The van der Waals surface area contributed by atoms with Gasteiger partial charge in [0.05, 0.1) is 27.2 Å². The van der Waals surface area contributed by atoms with E-state index in [9.17, 15) is 0 Å². The van der Waals surface area contributed by atoms with Crippen molar-refractivity contribution in [2.75, 3.05) is 40.8 Å². The lowest BCUT2D eigenvalue weighted by Crippen LogP contribution is -2.41. The first kappa shape index (κ1) is 15.5. The van der Waals surface area contributed by atoms with Gasteiger partial charge in [-0.15, -0.1) is 0 Å². The van der Waals surface area contributed by atoms with E-state index in [1.54, 1.807) is 0 Å². The summed E-state index contributed by atoms with van der Waals surface area (Å²) in [4.78, 5) is 2.16. The first-order valence-electron chi connectivity index (χ1n) is 6.66. The fourth-order valence-corrected chi connectivity index (χ4v) is 1.87. The van der Waals surface area contributed by atoms with Crippen LogP contribution in [0.2, 0.25) is 0 Å². The van der Waals surface area contributed by atoms with Gasteiger partial charge in [0.15, 0.2) is 0 Å². The van der Waals surface area contributed by atoms with E-state index in [2.05, 4.69) is 39.5 Å². The van der Waals surface area contributed by atoms with Crippen LogP contribution in [0.1, 0.15) is 39.0 Å². The summed E-state index contributed by atoms with van der Waals surface area (Å²) in [6.45, 7) is 9.81. The van der Waals surface area contributed by atoms with Gasteiger partial charge in [0, 0.05) is 13.6 Å². The third-order valence-corrected chi connectivity index (χ3v) is 3.20. The maximum absolute atomic E-state index is 3.76. The molecule has 0 aliphatic carbocycles. The molecule has 0 radical (unpaired) electrons. The van der Waals surface area contributed by atoms with Gasteiger partial charge in [-0.1, -0.05) is 19.9 Å². The zero-order valence-corrected chi connectivity index (χ0v) is 11.8. The Hall–Kier alpha value is -0.500. The average Bonchev–Trinajstić information content (AvgIpc) is 2.25. The van der Waals surface area contributed by atoms with Gasteiger partial charge in [0.25, 0.3) is 0 Å². The minimum absolute atomic E-state index is 1.14. The summed E-state index contributed by atoms with van der Waals surface area (Å²) in [5, 5.41) is 0. The van der Waals surface area contributed by atoms with Gasteiger partial charge < -0.3 is 9.38 Å². The molecule has 0 N–H and O–H groups in total. The van der Waals surface area contributed by atoms with Crippen molar-refractivity contribution >= 4 is 0 Å². The predicted octanol–water partition coefficient (Wildman–Crippen LogP) is 3.11. The van der Waals surface area contributed by atoms with Crippen LogP contribution in [0, 0.1) is 0 Å². The molecule has 0 heterocycles. The molecule has 16 heavy (non-hydrogen) atoms. The van der Waals surface area contributed by atoms with Gasteiger partial charge in [-0.3, -0.25) is 0 Å². The number of hydrogen-bond acceptors (Lipinski definition) is 1. The van der Waals surface area contributed by atoms with Crippen molar-refractivity contribution < 1.29 is 4.48 Å². The number of nitrogens with zero attached hydrogens (tertiary/aromatic N) is 2. The zero-order chi connectivity index (χ0) is 12.4. The lowest BCUT2D eigenvalue weighted by Gasteiger charge is -2.29. The minimum atomic E-state index is 1.14. The highest BCUT2D eigenvalue weighted by Gasteiger charge is 2.12. The fraction of sp³-hybridized carbons (Fsp3) is 0.857. The van der Waals surface area contributed by atoms with Gasteiger partial charge in [-0.05, 0) is 31.9 Å². The van der Waals surface area contributed by atoms with Crippen LogP contribution in [0.4, 0.5) is 0 Å². The van der Waals surface area contributed by atoms with E-state index in [0.29, 0.717) is 0 Å². The molecule has 0 amide bonds. The van der Waals surface area contributed by atoms with Gasteiger partial charge >= 0.3 is 0 Å². The molecule has 0 saturated heterocycles. The largest absolute Gasteiger partial charge is 0.381 e. The van der Waals surface area contributed by atoms with Crippen molar-refractivity contribution in [3.8, 4) is 0 Å². The summed E-state index contributed by atoms with van der Waals surface area (Å²) < 4.78 is 1.19. The third kappa shape index (κ3) is 8.78. The van der Waals surface area contributed by atoms with E-state index in [-0.39, 0.29) is 0 Å². The summed E-state index contributed by atoms with van der Waals surface area (Å²) in [5.74, 6) is 0. The van der Waals surface area contributed by atoms with Crippen LogP contribution in [0.15, 0.2) is 12.8 Å². The van der Waals surface area contributed by atoms with E-state index in [0.717, 1.165) is 6.54 Å². The SMILES string of the molecule is C=CN(C)CCCCC[N+](C)(C)CCCC. The highest BCUT2D eigenvalue weighted by Crippen LogP contribution is 2.06. The average molecular weight is 227 g/mol. The Labute approximate surface area is 103 Å². The van der Waals surface area contributed by atoms with E-state index in [1.165, 1.54) is 49.7 Å². The van der Waals surface area contributed by atoms with Crippen molar-refractivity contribution in [2.24, 2.45) is 0 Å². The van der Waals surface area contributed by atoms with Crippen molar-refractivity contribution in [1.29, 1.82) is 0 Å². The van der Waals surface area contributed by atoms with Gasteiger partial charge in [-0.25, -0.2) is 0 Å². The molecule has 96 valence electrons. The lowest BCUT2D eigenvalue weighted by molar-refractivity contribution is -0.890. The third-order valence-electron chi connectivity index (χ3n) is 3.20. The van der Waals surface area contributed by atoms with Crippen molar-refractivity contribution in [3.63, 3.8) is 0 Å². The molecule has 0 bridgehead atoms. The summed E-state index contributed by atoms with van der Waals surface area (Å²) in [6, 6.07) is 0. The molecule has 0 aliphatic heterocycles. The van der Waals surface area contributed by atoms with Crippen LogP contribution in [0.25, 0.3) is 0 Å². The summed E-state index contributed by atoms with van der Waals surface area (Å²) in [5.41, 5.74) is 0. The highest BCUT2D eigenvalue weighted by molar-refractivity contribution is 4.65. The molecule has 0 aromatic rings. The van der Waals surface area contributed by atoms with Crippen LogP contribution in [0.3, 0.4) is 0 Å². The molecule has 0 atom stereocenters. The Bertz CT molecular complexity index is 176. The molecule has 0 rings (SSSR count). The number of unbranched alkanes of at least 4 members (excludes halogenated alkanes) is 3. The maximum Gasteiger partial charge on any atom is 0.0782 e. The minimum Gasteiger partial charge on any atom is -0.381 e. The highest BCUT2D eigenvalue weighted by atomic mass is 15.3. The Morgan fingerprint density at radius 3 is 2.25 bits per heavy atom. The maximum atomic E-state index is 3.76. The molecule has 2 nitrogen and oxygen atoms in total. The van der Waals surface area contributed by atoms with Gasteiger partial charge in [0.2, 0.25) is 0 Å². The lowest BCUT2D eigenvalue weighted by atomic mass is 10.2.